The lowest BCUT2D eigenvalue weighted by Crippen LogP contribution is -2.55. The zero-order valence-corrected chi connectivity index (χ0v) is 15.8. The van der Waals surface area contributed by atoms with Crippen LogP contribution < -0.4 is 5.32 Å². The Hall–Kier alpha value is -2.33. The van der Waals surface area contributed by atoms with Crippen LogP contribution in [0.3, 0.4) is 0 Å². The number of ether oxygens (including phenoxy) is 1. The molecule has 1 unspecified atom stereocenters. The van der Waals surface area contributed by atoms with Crippen LogP contribution in [0.2, 0.25) is 0 Å². The summed E-state index contributed by atoms with van der Waals surface area (Å²) in [6, 6.07) is 21.1. The summed E-state index contributed by atoms with van der Waals surface area (Å²) < 4.78 is 5.58. The van der Waals surface area contributed by atoms with E-state index in [4.69, 9.17) is 4.74 Å². The molecule has 1 amide bonds. The minimum absolute atomic E-state index is 0.140. The van der Waals surface area contributed by atoms with E-state index in [9.17, 15) is 4.79 Å². The van der Waals surface area contributed by atoms with Gasteiger partial charge in [-0.15, -0.1) is 0 Å². The minimum atomic E-state index is -0.476. The van der Waals surface area contributed by atoms with Crippen molar-refractivity contribution in [3.8, 4) is 0 Å². The second kappa shape index (κ2) is 7.92. The van der Waals surface area contributed by atoms with Gasteiger partial charge in [0.25, 0.3) is 0 Å². The Labute approximate surface area is 156 Å². The highest BCUT2D eigenvalue weighted by molar-refractivity contribution is 5.68. The molecule has 0 aromatic heterocycles. The number of nitrogens with zero attached hydrogens (tertiary/aromatic N) is 1. The van der Waals surface area contributed by atoms with Crippen LogP contribution in [0.5, 0.6) is 0 Å². The van der Waals surface area contributed by atoms with E-state index in [0.29, 0.717) is 13.1 Å². The van der Waals surface area contributed by atoms with Crippen molar-refractivity contribution < 1.29 is 9.53 Å². The van der Waals surface area contributed by atoms with E-state index >= 15 is 0 Å². The summed E-state index contributed by atoms with van der Waals surface area (Å²) in [4.78, 5) is 14.4. The Bertz CT molecular complexity index is 670. The maximum absolute atomic E-state index is 12.5. The summed E-state index contributed by atoms with van der Waals surface area (Å²) >= 11 is 0. The molecule has 0 aliphatic carbocycles. The molecule has 3 rings (SSSR count). The van der Waals surface area contributed by atoms with Gasteiger partial charge in [0.15, 0.2) is 0 Å². The van der Waals surface area contributed by atoms with Crippen molar-refractivity contribution in [2.45, 2.75) is 38.3 Å². The molecule has 2 aromatic carbocycles. The largest absolute Gasteiger partial charge is 0.444 e. The SMILES string of the molecule is CC(C)(C)OC(=O)N1CCNC(C(c2ccccc2)c2ccccc2)C1. The Balaban J connectivity index is 1.84. The summed E-state index contributed by atoms with van der Waals surface area (Å²) in [7, 11) is 0. The zero-order chi connectivity index (χ0) is 18.6. The molecule has 2 aromatic rings. The molecule has 1 aliphatic rings. The molecule has 26 heavy (non-hydrogen) atoms. The number of carbonyl (C=O) groups is 1. The third kappa shape index (κ3) is 4.64. The van der Waals surface area contributed by atoms with E-state index in [1.54, 1.807) is 0 Å². The summed E-state index contributed by atoms with van der Waals surface area (Å²) in [5, 5.41) is 3.61. The van der Waals surface area contributed by atoms with Crippen LogP contribution in [-0.2, 0) is 4.74 Å². The van der Waals surface area contributed by atoms with Crippen LogP contribution in [0.25, 0.3) is 0 Å². The topological polar surface area (TPSA) is 41.6 Å². The van der Waals surface area contributed by atoms with Gasteiger partial charge in [0.2, 0.25) is 0 Å². The third-order valence-corrected chi connectivity index (χ3v) is 4.58. The highest BCUT2D eigenvalue weighted by Gasteiger charge is 2.32. The van der Waals surface area contributed by atoms with Crippen LogP contribution in [-0.4, -0.2) is 42.3 Å². The average molecular weight is 352 g/mol. The van der Waals surface area contributed by atoms with E-state index in [1.807, 2.05) is 37.8 Å². The Kier molecular flexibility index (Phi) is 5.62. The summed E-state index contributed by atoms with van der Waals surface area (Å²) in [6.07, 6.45) is -0.233. The van der Waals surface area contributed by atoms with Crippen LogP contribution >= 0.6 is 0 Å². The molecule has 1 N–H and O–H groups in total. The van der Waals surface area contributed by atoms with Crippen molar-refractivity contribution in [3.05, 3.63) is 71.8 Å². The number of amides is 1. The highest BCUT2D eigenvalue weighted by atomic mass is 16.6. The lowest BCUT2D eigenvalue weighted by atomic mass is 9.84. The fourth-order valence-corrected chi connectivity index (χ4v) is 3.47. The maximum Gasteiger partial charge on any atom is 0.410 e. The monoisotopic (exact) mass is 352 g/mol. The Morgan fingerprint density at radius 3 is 2.08 bits per heavy atom. The first-order valence-corrected chi connectivity index (χ1v) is 9.25. The van der Waals surface area contributed by atoms with Gasteiger partial charge in [-0.2, -0.15) is 0 Å². The normalized spacial score (nSPS) is 18.0. The number of carbonyl (C=O) groups excluding carboxylic acids is 1. The first-order valence-electron chi connectivity index (χ1n) is 9.25. The molecule has 0 bridgehead atoms. The number of rotatable bonds is 3. The molecule has 0 saturated carbocycles. The smallest absolute Gasteiger partial charge is 0.410 e. The number of hydrogen-bond acceptors (Lipinski definition) is 3. The van der Waals surface area contributed by atoms with Crippen molar-refractivity contribution in [3.63, 3.8) is 0 Å². The molecule has 1 aliphatic heterocycles. The van der Waals surface area contributed by atoms with E-state index in [2.05, 4.69) is 53.8 Å². The molecular weight excluding hydrogens is 324 g/mol. The number of piperazine rings is 1. The summed E-state index contributed by atoms with van der Waals surface area (Å²) in [5.41, 5.74) is 2.03. The van der Waals surface area contributed by atoms with Gasteiger partial charge in [-0.05, 0) is 31.9 Å². The predicted octanol–water partition coefficient (Wildman–Crippen LogP) is 4.03. The molecule has 1 fully saturated rings. The standard InChI is InChI=1S/C22H28N2O2/c1-22(2,3)26-21(25)24-15-14-23-19(16-24)20(17-10-6-4-7-11-17)18-12-8-5-9-13-18/h4-13,19-20,23H,14-16H2,1-3H3. The van der Waals surface area contributed by atoms with Gasteiger partial charge in [0.1, 0.15) is 5.60 Å². The van der Waals surface area contributed by atoms with Crippen molar-refractivity contribution in [1.82, 2.24) is 10.2 Å². The molecule has 1 saturated heterocycles. The number of nitrogens with one attached hydrogen (secondary N) is 1. The number of benzene rings is 2. The van der Waals surface area contributed by atoms with Crippen LogP contribution in [0.1, 0.15) is 37.8 Å². The van der Waals surface area contributed by atoms with Crippen molar-refractivity contribution in [2.75, 3.05) is 19.6 Å². The molecule has 4 heteroatoms. The van der Waals surface area contributed by atoms with Crippen molar-refractivity contribution in [2.24, 2.45) is 0 Å². The van der Waals surface area contributed by atoms with E-state index in [-0.39, 0.29) is 18.1 Å². The second-order valence-corrected chi connectivity index (χ2v) is 7.79. The molecule has 0 spiro atoms. The van der Waals surface area contributed by atoms with Gasteiger partial charge in [-0.3, -0.25) is 0 Å². The van der Waals surface area contributed by atoms with Crippen LogP contribution in [0.4, 0.5) is 4.79 Å². The van der Waals surface area contributed by atoms with Crippen LogP contribution in [0.15, 0.2) is 60.7 Å². The first-order chi connectivity index (χ1) is 12.4. The predicted molar refractivity (Wildman–Crippen MR) is 104 cm³/mol. The van der Waals surface area contributed by atoms with E-state index in [0.717, 1.165) is 6.54 Å². The van der Waals surface area contributed by atoms with Gasteiger partial charge in [0, 0.05) is 31.6 Å². The number of hydrogen-bond donors (Lipinski definition) is 1. The van der Waals surface area contributed by atoms with E-state index < -0.39 is 5.60 Å². The Morgan fingerprint density at radius 1 is 1.04 bits per heavy atom. The Morgan fingerprint density at radius 2 is 1.58 bits per heavy atom. The molecule has 138 valence electrons. The van der Waals surface area contributed by atoms with Gasteiger partial charge >= 0.3 is 6.09 Å². The molecule has 1 heterocycles. The van der Waals surface area contributed by atoms with Gasteiger partial charge < -0.3 is 15.0 Å². The fraction of sp³-hybridized carbons (Fsp3) is 0.409. The highest BCUT2D eigenvalue weighted by Crippen LogP contribution is 2.29. The average Bonchev–Trinajstić information content (AvgIpc) is 2.63. The zero-order valence-electron chi connectivity index (χ0n) is 15.8. The molecule has 1 atom stereocenters. The second-order valence-electron chi connectivity index (χ2n) is 7.79. The quantitative estimate of drug-likeness (QED) is 0.907. The lowest BCUT2D eigenvalue weighted by Gasteiger charge is -2.38. The third-order valence-electron chi connectivity index (χ3n) is 4.58. The van der Waals surface area contributed by atoms with Gasteiger partial charge in [-0.25, -0.2) is 4.79 Å². The van der Waals surface area contributed by atoms with Crippen LogP contribution in [0, 0.1) is 0 Å². The molecule has 0 radical (unpaired) electrons. The summed E-state index contributed by atoms with van der Waals surface area (Å²) in [6.45, 7) is 7.77. The summed E-state index contributed by atoms with van der Waals surface area (Å²) in [5.74, 6) is 0.183. The van der Waals surface area contributed by atoms with E-state index in [1.165, 1.54) is 11.1 Å². The lowest BCUT2D eigenvalue weighted by molar-refractivity contribution is 0.0190. The fourth-order valence-electron chi connectivity index (χ4n) is 3.47. The molecule has 4 nitrogen and oxygen atoms in total. The van der Waals surface area contributed by atoms with Crippen molar-refractivity contribution >= 4 is 6.09 Å². The van der Waals surface area contributed by atoms with Gasteiger partial charge in [-0.1, -0.05) is 60.7 Å². The maximum atomic E-state index is 12.5. The van der Waals surface area contributed by atoms with Crippen molar-refractivity contribution in [1.29, 1.82) is 0 Å². The molecular formula is C22H28N2O2. The van der Waals surface area contributed by atoms with Gasteiger partial charge in [0.05, 0.1) is 0 Å². The first kappa shape index (κ1) is 18.5. The minimum Gasteiger partial charge on any atom is -0.444 e.